The molecule has 1 fully saturated rings. The fourth-order valence-electron chi connectivity index (χ4n) is 2.39. The first-order chi connectivity index (χ1) is 10.1. The van der Waals surface area contributed by atoms with Gasteiger partial charge in [0.1, 0.15) is 24.0 Å². The number of aliphatic hydroxyl groups excluding tert-OH is 2. The van der Waals surface area contributed by atoms with Crippen LogP contribution >= 0.6 is 0 Å². The lowest BCUT2D eigenvalue weighted by atomic mass is 10.1. The van der Waals surface area contributed by atoms with Gasteiger partial charge in [-0.05, 0) is 12.1 Å². The highest BCUT2D eigenvalue weighted by atomic mass is 19.1. The molecule has 3 atom stereocenters. The predicted octanol–water partition coefficient (Wildman–Crippen LogP) is 1.47. The molecule has 21 heavy (non-hydrogen) atoms. The summed E-state index contributed by atoms with van der Waals surface area (Å²) in [5, 5.41) is 18.8. The van der Waals surface area contributed by atoms with Crippen LogP contribution in [0, 0.1) is 11.6 Å². The molecule has 5 nitrogen and oxygen atoms in total. The summed E-state index contributed by atoms with van der Waals surface area (Å²) in [6, 6.07) is 3.28. The van der Waals surface area contributed by atoms with Crippen molar-refractivity contribution in [2.75, 3.05) is 6.61 Å². The number of halogens is 2. The number of hydrogen-bond donors (Lipinski definition) is 2. The fourth-order valence-corrected chi connectivity index (χ4v) is 2.39. The Morgan fingerprint density at radius 2 is 2.19 bits per heavy atom. The van der Waals surface area contributed by atoms with Crippen LogP contribution in [0.15, 0.2) is 30.7 Å². The Bertz CT molecular complexity index is 647. The van der Waals surface area contributed by atoms with Crippen molar-refractivity contribution in [1.82, 2.24) is 9.55 Å². The van der Waals surface area contributed by atoms with Gasteiger partial charge < -0.3 is 19.5 Å². The first-order valence-electron chi connectivity index (χ1n) is 6.51. The molecule has 0 radical (unpaired) electrons. The Labute approximate surface area is 119 Å². The Morgan fingerprint density at radius 1 is 1.38 bits per heavy atom. The second kappa shape index (κ2) is 5.51. The quantitative estimate of drug-likeness (QED) is 0.900. The van der Waals surface area contributed by atoms with Gasteiger partial charge >= 0.3 is 0 Å². The molecule has 0 aliphatic carbocycles. The molecule has 0 saturated carbocycles. The zero-order chi connectivity index (χ0) is 15.0. The minimum Gasteiger partial charge on any atom is -0.394 e. The zero-order valence-corrected chi connectivity index (χ0v) is 11.0. The van der Waals surface area contributed by atoms with Gasteiger partial charge in [0.2, 0.25) is 0 Å². The number of aromatic nitrogens is 2. The van der Waals surface area contributed by atoms with Crippen molar-refractivity contribution in [3.8, 4) is 11.3 Å². The largest absolute Gasteiger partial charge is 0.394 e. The highest BCUT2D eigenvalue weighted by Crippen LogP contribution is 2.30. The average Bonchev–Trinajstić information content (AvgIpc) is 3.05. The smallest absolute Gasteiger partial charge is 0.137 e. The monoisotopic (exact) mass is 296 g/mol. The van der Waals surface area contributed by atoms with E-state index in [2.05, 4.69) is 4.98 Å². The van der Waals surface area contributed by atoms with Crippen molar-refractivity contribution in [2.24, 2.45) is 0 Å². The van der Waals surface area contributed by atoms with Gasteiger partial charge in [-0.15, -0.1) is 0 Å². The van der Waals surface area contributed by atoms with Crippen LogP contribution < -0.4 is 0 Å². The third kappa shape index (κ3) is 2.67. The van der Waals surface area contributed by atoms with Crippen LogP contribution in [0.3, 0.4) is 0 Å². The summed E-state index contributed by atoms with van der Waals surface area (Å²) in [4.78, 5) is 4.07. The van der Waals surface area contributed by atoms with E-state index in [1.165, 1.54) is 12.4 Å². The Morgan fingerprint density at radius 3 is 2.86 bits per heavy atom. The van der Waals surface area contributed by atoms with Crippen molar-refractivity contribution in [2.45, 2.75) is 24.9 Å². The van der Waals surface area contributed by atoms with E-state index in [-0.39, 0.29) is 12.2 Å². The zero-order valence-electron chi connectivity index (χ0n) is 11.0. The van der Waals surface area contributed by atoms with E-state index in [0.717, 1.165) is 12.1 Å². The predicted molar refractivity (Wildman–Crippen MR) is 69.2 cm³/mol. The summed E-state index contributed by atoms with van der Waals surface area (Å²) in [5.41, 5.74) is 0.533. The molecule has 1 aromatic heterocycles. The molecule has 0 bridgehead atoms. The molecular weight excluding hydrogens is 282 g/mol. The van der Waals surface area contributed by atoms with Crippen LogP contribution in [0.2, 0.25) is 0 Å². The van der Waals surface area contributed by atoms with Crippen molar-refractivity contribution in [1.29, 1.82) is 0 Å². The van der Waals surface area contributed by atoms with Crippen LogP contribution in [0.5, 0.6) is 0 Å². The minimum atomic E-state index is -0.756. The number of rotatable bonds is 3. The van der Waals surface area contributed by atoms with Gasteiger partial charge in [0.05, 0.1) is 24.7 Å². The Balaban J connectivity index is 1.84. The first kappa shape index (κ1) is 14.1. The number of nitrogens with zero attached hydrogens (tertiary/aromatic N) is 2. The Kier molecular flexibility index (Phi) is 3.71. The van der Waals surface area contributed by atoms with Crippen LogP contribution in [-0.4, -0.2) is 38.6 Å². The van der Waals surface area contributed by atoms with Crippen molar-refractivity contribution < 1.29 is 23.7 Å². The molecule has 2 aromatic rings. The third-order valence-corrected chi connectivity index (χ3v) is 3.53. The van der Waals surface area contributed by atoms with E-state index >= 15 is 0 Å². The SMILES string of the molecule is OC[C@H]1O[C@@H](n2cnc(-c3ccc(F)cc3F)c2)C[C@@H]1O. The topological polar surface area (TPSA) is 67.5 Å². The average molecular weight is 296 g/mol. The van der Waals surface area contributed by atoms with E-state index in [1.54, 1.807) is 10.8 Å². The van der Waals surface area contributed by atoms with E-state index in [1.807, 2.05) is 0 Å². The Hall–Kier alpha value is -1.83. The van der Waals surface area contributed by atoms with E-state index in [4.69, 9.17) is 9.84 Å². The lowest BCUT2D eigenvalue weighted by Crippen LogP contribution is -2.24. The van der Waals surface area contributed by atoms with Crippen LogP contribution in [0.1, 0.15) is 12.6 Å². The standard InChI is InChI=1S/C14H14F2N2O3/c15-8-1-2-9(10(16)3-8)11-5-18(7-17-11)14-4-12(20)13(6-19)21-14/h1-3,5,7,12-14,19-20H,4,6H2/t12-,13+,14+/m0/s1. The number of hydrogen-bond acceptors (Lipinski definition) is 4. The lowest BCUT2D eigenvalue weighted by Gasteiger charge is -2.12. The van der Waals surface area contributed by atoms with Gasteiger partial charge in [0.25, 0.3) is 0 Å². The summed E-state index contributed by atoms with van der Waals surface area (Å²) < 4.78 is 33.7. The summed E-state index contributed by atoms with van der Waals surface area (Å²) in [6.07, 6.45) is 1.47. The highest BCUT2D eigenvalue weighted by Gasteiger charge is 2.34. The third-order valence-electron chi connectivity index (χ3n) is 3.53. The maximum atomic E-state index is 13.7. The molecule has 1 aromatic carbocycles. The van der Waals surface area contributed by atoms with Crippen molar-refractivity contribution >= 4 is 0 Å². The van der Waals surface area contributed by atoms with Crippen molar-refractivity contribution in [3.05, 3.63) is 42.4 Å². The molecule has 0 spiro atoms. The molecular formula is C14H14F2N2O3. The molecule has 0 unspecified atom stereocenters. The van der Waals surface area contributed by atoms with Gasteiger partial charge in [0, 0.05) is 24.2 Å². The van der Waals surface area contributed by atoms with Crippen LogP contribution in [0.25, 0.3) is 11.3 Å². The van der Waals surface area contributed by atoms with Gasteiger partial charge in [0.15, 0.2) is 0 Å². The second-order valence-electron chi connectivity index (χ2n) is 4.95. The maximum absolute atomic E-state index is 13.7. The molecule has 2 N–H and O–H groups in total. The van der Waals surface area contributed by atoms with E-state index in [9.17, 15) is 13.9 Å². The molecule has 1 aliphatic heterocycles. The number of aliphatic hydroxyl groups is 2. The summed E-state index contributed by atoms with van der Waals surface area (Å²) >= 11 is 0. The molecule has 0 amide bonds. The van der Waals surface area contributed by atoms with Gasteiger partial charge in [-0.2, -0.15) is 0 Å². The fraction of sp³-hybridized carbons (Fsp3) is 0.357. The normalized spacial score (nSPS) is 25.4. The number of benzene rings is 1. The maximum Gasteiger partial charge on any atom is 0.137 e. The van der Waals surface area contributed by atoms with Gasteiger partial charge in [-0.3, -0.25) is 0 Å². The molecule has 112 valence electrons. The summed E-state index contributed by atoms with van der Waals surface area (Å²) in [7, 11) is 0. The second-order valence-corrected chi connectivity index (χ2v) is 4.95. The molecule has 2 heterocycles. The molecule has 3 rings (SSSR count). The molecule has 7 heteroatoms. The van der Waals surface area contributed by atoms with Crippen molar-refractivity contribution in [3.63, 3.8) is 0 Å². The van der Waals surface area contributed by atoms with Gasteiger partial charge in [-0.1, -0.05) is 0 Å². The summed E-state index contributed by atoms with van der Waals surface area (Å²) in [5.74, 6) is -1.34. The molecule has 1 saturated heterocycles. The molecule has 1 aliphatic rings. The first-order valence-corrected chi connectivity index (χ1v) is 6.51. The van der Waals surface area contributed by atoms with Crippen LogP contribution in [0.4, 0.5) is 8.78 Å². The van der Waals surface area contributed by atoms with Crippen LogP contribution in [-0.2, 0) is 4.74 Å². The van der Waals surface area contributed by atoms with E-state index < -0.39 is 30.1 Å². The van der Waals surface area contributed by atoms with Gasteiger partial charge in [-0.25, -0.2) is 13.8 Å². The lowest BCUT2D eigenvalue weighted by molar-refractivity contribution is -0.0443. The minimum absolute atomic E-state index is 0.187. The number of ether oxygens (including phenoxy) is 1. The highest BCUT2D eigenvalue weighted by molar-refractivity contribution is 5.58. The van der Waals surface area contributed by atoms with E-state index in [0.29, 0.717) is 12.1 Å². The number of imidazole rings is 1. The summed E-state index contributed by atoms with van der Waals surface area (Å²) in [6.45, 7) is -0.272.